The van der Waals surface area contributed by atoms with Crippen LogP contribution in [0.5, 0.6) is 0 Å². The molecule has 144 valence electrons. The third-order valence-corrected chi connectivity index (χ3v) is 7.34. The molecule has 0 unspecified atom stereocenters. The summed E-state index contributed by atoms with van der Waals surface area (Å²) in [5.41, 5.74) is 0.451. The molecule has 3 fully saturated rings. The molecule has 3 aliphatic rings. The molecule has 0 amide bonds. The summed E-state index contributed by atoms with van der Waals surface area (Å²) >= 11 is 0. The summed E-state index contributed by atoms with van der Waals surface area (Å²) in [6.45, 7) is 13.2. The quantitative estimate of drug-likeness (QED) is 0.834. The lowest BCUT2D eigenvalue weighted by Gasteiger charge is -2.53. The van der Waals surface area contributed by atoms with Crippen molar-refractivity contribution in [2.45, 2.75) is 84.8 Å². The van der Waals surface area contributed by atoms with Gasteiger partial charge in [0.05, 0.1) is 18.4 Å². The number of methoxy groups -OCH3 is 1. The monoisotopic (exact) mass is 350 g/mol. The van der Waals surface area contributed by atoms with E-state index >= 15 is 0 Å². The Labute approximate surface area is 154 Å². The molecular weight excluding hydrogens is 312 g/mol. The van der Waals surface area contributed by atoms with Gasteiger partial charge in [-0.25, -0.2) is 0 Å². The summed E-state index contributed by atoms with van der Waals surface area (Å²) in [7, 11) is 1.76. The van der Waals surface area contributed by atoms with Gasteiger partial charge in [-0.3, -0.25) is 5.01 Å². The average molecular weight is 351 g/mol. The molecule has 1 saturated heterocycles. The van der Waals surface area contributed by atoms with Crippen LogP contribution >= 0.6 is 0 Å². The fourth-order valence-electron chi connectivity index (χ4n) is 6.44. The molecule has 1 aliphatic heterocycles. The van der Waals surface area contributed by atoms with Crippen LogP contribution in [0.4, 0.5) is 0 Å². The largest absolute Gasteiger partial charge is 0.384 e. The standard InChI is InChI=1S/C21H38N2O2/c1-15-11-19(3,4)14-21(12-15)16(2)10-18(20(21,5)24)22-23-9-7-8-17(23)13-25-6/h15-17,24H,7-14H2,1-6H3/b22-18+/t15-,16+,17+,20+,21+/m1/s1. The Kier molecular flexibility index (Phi) is 5.00. The van der Waals surface area contributed by atoms with Crippen LogP contribution in [0, 0.1) is 22.7 Å². The molecule has 1 spiro atoms. The van der Waals surface area contributed by atoms with E-state index in [1.807, 2.05) is 6.92 Å². The molecule has 1 heterocycles. The van der Waals surface area contributed by atoms with Gasteiger partial charge in [-0.15, -0.1) is 0 Å². The lowest BCUT2D eigenvalue weighted by atomic mass is 9.53. The fourth-order valence-corrected chi connectivity index (χ4v) is 6.44. The predicted octanol–water partition coefficient (Wildman–Crippen LogP) is 4.08. The van der Waals surface area contributed by atoms with Crippen molar-refractivity contribution in [2.75, 3.05) is 20.3 Å². The molecule has 2 saturated carbocycles. The molecule has 4 nitrogen and oxygen atoms in total. The fraction of sp³-hybridized carbons (Fsp3) is 0.952. The summed E-state index contributed by atoms with van der Waals surface area (Å²) in [6.07, 6.45) is 6.69. The van der Waals surface area contributed by atoms with E-state index in [1.54, 1.807) is 7.11 Å². The minimum atomic E-state index is -0.807. The number of aliphatic hydroxyl groups is 1. The zero-order valence-electron chi connectivity index (χ0n) is 17.1. The van der Waals surface area contributed by atoms with Crippen molar-refractivity contribution in [1.82, 2.24) is 5.01 Å². The van der Waals surface area contributed by atoms with Crippen molar-refractivity contribution >= 4 is 5.71 Å². The van der Waals surface area contributed by atoms with Crippen molar-refractivity contribution < 1.29 is 9.84 Å². The first-order valence-electron chi connectivity index (χ1n) is 10.2. The van der Waals surface area contributed by atoms with Crippen LogP contribution in [0.2, 0.25) is 0 Å². The van der Waals surface area contributed by atoms with Crippen LogP contribution in [0.3, 0.4) is 0 Å². The lowest BCUT2D eigenvalue weighted by Crippen LogP contribution is -2.53. The highest BCUT2D eigenvalue weighted by atomic mass is 16.5. The van der Waals surface area contributed by atoms with E-state index in [9.17, 15) is 5.11 Å². The van der Waals surface area contributed by atoms with E-state index in [1.165, 1.54) is 6.42 Å². The average Bonchev–Trinajstić information content (AvgIpc) is 2.97. The Morgan fingerprint density at radius 3 is 2.60 bits per heavy atom. The molecule has 3 rings (SSSR count). The predicted molar refractivity (Wildman–Crippen MR) is 103 cm³/mol. The van der Waals surface area contributed by atoms with Gasteiger partial charge in [0.15, 0.2) is 0 Å². The van der Waals surface area contributed by atoms with E-state index in [2.05, 4.69) is 32.7 Å². The third-order valence-electron chi connectivity index (χ3n) is 7.34. The van der Waals surface area contributed by atoms with E-state index < -0.39 is 5.60 Å². The molecular formula is C21H38N2O2. The number of nitrogens with zero attached hydrogens (tertiary/aromatic N) is 2. The van der Waals surface area contributed by atoms with Crippen LogP contribution in [0.25, 0.3) is 0 Å². The van der Waals surface area contributed by atoms with Gasteiger partial charge in [0.25, 0.3) is 0 Å². The highest BCUT2D eigenvalue weighted by Crippen LogP contribution is 2.62. The third kappa shape index (κ3) is 3.25. The zero-order chi connectivity index (χ0) is 18.5. The van der Waals surface area contributed by atoms with Gasteiger partial charge in [-0.1, -0.05) is 27.7 Å². The van der Waals surface area contributed by atoms with E-state index in [0.29, 0.717) is 17.9 Å². The van der Waals surface area contributed by atoms with Crippen LogP contribution in [0.1, 0.15) is 73.1 Å². The number of hydrazone groups is 1. The van der Waals surface area contributed by atoms with Crippen LogP contribution < -0.4 is 0 Å². The van der Waals surface area contributed by atoms with Gasteiger partial charge in [-0.05, 0) is 62.7 Å². The van der Waals surface area contributed by atoms with Gasteiger partial charge >= 0.3 is 0 Å². The molecule has 0 aromatic heterocycles. The molecule has 0 aromatic rings. The van der Waals surface area contributed by atoms with E-state index in [4.69, 9.17) is 9.84 Å². The van der Waals surface area contributed by atoms with E-state index in [0.717, 1.165) is 51.0 Å². The first kappa shape index (κ1) is 19.2. The summed E-state index contributed by atoms with van der Waals surface area (Å²) in [5, 5.41) is 18.9. The Bertz CT molecular complexity index is 528. The van der Waals surface area contributed by atoms with E-state index in [-0.39, 0.29) is 10.8 Å². The zero-order valence-corrected chi connectivity index (χ0v) is 17.1. The molecule has 4 heteroatoms. The Balaban J connectivity index is 1.90. The normalized spacial score (nSPS) is 45.6. The topological polar surface area (TPSA) is 45.1 Å². The second-order valence-electron chi connectivity index (χ2n) is 10.1. The molecule has 1 N–H and O–H groups in total. The molecule has 0 radical (unpaired) electrons. The SMILES string of the molecule is COC[C@@H]1CCCN1/N=C1\C[C@H](C)[C@@]2(C[C@H](C)CC(C)(C)C2)[C@@]1(C)O. The number of hydrogen-bond donors (Lipinski definition) is 1. The summed E-state index contributed by atoms with van der Waals surface area (Å²) in [4.78, 5) is 0. The molecule has 25 heavy (non-hydrogen) atoms. The second kappa shape index (κ2) is 6.53. The first-order valence-corrected chi connectivity index (χ1v) is 10.2. The van der Waals surface area contributed by atoms with Gasteiger partial charge in [0.2, 0.25) is 0 Å². The highest BCUT2D eigenvalue weighted by Gasteiger charge is 2.62. The van der Waals surface area contributed by atoms with Gasteiger partial charge in [-0.2, -0.15) is 5.10 Å². The van der Waals surface area contributed by atoms with Crippen molar-refractivity contribution in [3.63, 3.8) is 0 Å². The van der Waals surface area contributed by atoms with Crippen molar-refractivity contribution in [3.05, 3.63) is 0 Å². The lowest BCUT2D eigenvalue weighted by molar-refractivity contribution is -0.0958. The van der Waals surface area contributed by atoms with Gasteiger partial charge in [0, 0.05) is 19.1 Å². The van der Waals surface area contributed by atoms with Crippen molar-refractivity contribution in [1.29, 1.82) is 0 Å². The van der Waals surface area contributed by atoms with Gasteiger partial charge < -0.3 is 9.84 Å². The highest BCUT2D eigenvalue weighted by molar-refractivity contribution is 5.95. The smallest absolute Gasteiger partial charge is 0.107 e. The van der Waals surface area contributed by atoms with Crippen LogP contribution in [-0.4, -0.2) is 47.7 Å². The molecule has 5 atom stereocenters. The molecule has 2 aliphatic carbocycles. The number of rotatable bonds is 3. The summed E-state index contributed by atoms with van der Waals surface area (Å²) < 4.78 is 5.37. The number of ether oxygens (including phenoxy) is 1. The number of hydrogen-bond acceptors (Lipinski definition) is 4. The van der Waals surface area contributed by atoms with Crippen LogP contribution in [0.15, 0.2) is 5.10 Å². The second-order valence-corrected chi connectivity index (χ2v) is 10.1. The maximum atomic E-state index is 11.7. The Morgan fingerprint density at radius 2 is 1.96 bits per heavy atom. The first-order chi connectivity index (χ1) is 11.6. The molecule has 0 aromatic carbocycles. The van der Waals surface area contributed by atoms with Gasteiger partial charge in [0.1, 0.15) is 5.60 Å². The minimum absolute atomic E-state index is 0.0382. The summed E-state index contributed by atoms with van der Waals surface area (Å²) in [6, 6.07) is 0.363. The Morgan fingerprint density at radius 1 is 1.24 bits per heavy atom. The Hall–Kier alpha value is -0.610. The van der Waals surface area contributed by atoms with Crippen molar-refractivity contribution in [2.24, 2.45) is 27.8 Å². The summed E-state index contributed by atoms with van der Waals surface area (Å²) in [5.74, 6) is 1.14. The van der Waals surface area contributed by atoms with Crippen molar-refractivity contribution in [3.8, 4) is 0 Å². The maximum absolute atomic E-state index is 11.7. The minimum Gasteiger partial charge on any atom is -0.384 e. The molecule has 0 bridgehead atoms. The van der Waals surface area contributed by atoms with Crippen LogP contribution in [-0.2, 0) is 4.74 Å². The maximum Gasteiger partial charge on any atom is 0.107 e.